The van der Waals surface area contributed by atoms with Crippen LogP contribution in [0, 0.1) is 0 Å². The van der Waals surface area contributed by atoms with Crippen molar-refractivity contribution in [3.05, 3.63) is 23.8 Å². The minimum absolute atomic E-state index is 0.0187. The second-order valence-corrected chi connectivity index (χ2v) is 5.62. The molecule has 0 fully saturated rings. The van der Waals surface area contributed by atoms with Gasteiger partial charge in [0.2, 0.25) is 10.0 Å². The first kappa shape index (κ1) is 16.4. The maximum atomic E-state index is 12.0. The number of rotatable bonds is 7. The molecule has 0 atom stereocenters. The van der Waals surface area contributed by atoms with Crippen molar-refractivity contribution in [1.82, 2.24) is 10.0 Å². The fourth-order valence-electron chi connectivity index (χ4n) is 1.52. The number of esters is 1. The number of nitrogens with one attached hydrogen (secondary N) is 2. The van der Waals surface area contributed by atoms with Gasteiger partial charge in [-0.15, -0.1) is 0 Å². The standard InChI is InChI=1S/C12H18N2O5S/c1-13-6-7-14-20(16,17)9-4-5-11(18-2)10(8-9)12(15)19-3/h4-5,8,13-14H,6-7H2,1-3H3. The van der Waals surface area contributed by atoms with Crippen molar-refractivity contribution in [2.24, 2.45) is 0 Å². The summed E-state index contributed by atoms with van der Waals surface area (Å²) in [6, 6.07) is 4.01. The Hall–Kier alpha value is -1.64. The minimum atomic E-state index is -3.68. The van der Waals surface area contributed by atoms with Crippen LogP contribution in [0.4, 0.5) is 0 Å². The summed E-state index contributed by atoms with van der Waals surface area (Å²) in [7, 11) is 0.651. The van der Waals surface area contributed by atoms with E-state index in [0.29, 0.717) is 6.54 Å². The lowest BCUT2D eigenvalue weighted by Crippen LogP contribution is -2.30. The van der Waals surface area contributed by atoms with Gasteiger partial charge in [-0.3, -0.25) is 0 Å². The van der Waals surface area contributed by atoms with Crippen LogP contribution in [0.15, 0.2) is 23.1 Å². The topological polar surface area (TPSA) is 93.7 Å². The quantitative estimate of drug-likeness (QED) is 0.543. The van der Waals surface area contributed by atoms with Crippen LogP contribution in [0.2, 0.25) is 0 Å². The number of ether oxygens (including phenoxy) is 2. The molecule has 0 spiro atoms. The summed E-state index contributed by atoms with van der Waals surface area (Å²) in [5.41, 5.74) is 0.0616. The number of benzene rings is 1. The molecule has 7 nitrogen and oxygen atoms in total. The molecular weight excluding hydrogens is 284 g/mol. The second kappa shape index (κ2) is 7.22. The molecule has 1 aromatic carbocycles. The minimum Gasteiger partial charge on any atom is -0.496 e. The second-order valence-electron chi connectivity index (χ2n) is 3.85. The summed E-state index contributed by atoms with van der Waals surface area (Å²) < 4.78 is 36.1. The van der Waals surface area contributed by atoms with Crippen molar-refractivity contribution in [3.8, 4) is 5.75 Å². The summed E-state index contributed by atoms with van der Waals surface area (Å²) in [6.07, 6.45) is 0. The van der Waals surface area contributed by atoms with E-state index >= 15 is 0 Å². The van der Waals surface area contributed by atoms with E-state index in [-0.39, 0.29) is 22.8 Å². The van der Waals surface area contributed by atoms with E-state index in [2.05, 4.69) is 14.8 Å². The number of likely N-dealkylation sites (N-methyl/N-ethyl adjacent to an activating group) is 1. The SMILES string of the molecule is CNCCNS(=O)(=O)c1ccc(OC)c(C(=O)OC)c1. The normalized spacial score (nSPS) is 11.2. The predicted molar refractivity (Wildman–Crippen MR) is 73.4 cm³/mol. The van der Waals surface area contributed by atoms with Crippen LogP contribution in [-0.4, -0.2) is 48.7 Å². The third-order valence-corrected chi connectivity index (χ3v) is 4.01. The molecule has 0 unspecified atom stereocenters. The van der Waals surface area contributed by atoms with Gasteiger partial charge < -0.3 is 14.8 Å². The molecule has 1 aromatic rings. The van der Waals surface area contributed by atoms with Crippen LogP contribution in [0.5, 0.6) is 5.75 Å². The van der Waals surface area contributed by atoms with Crippen LogP contribution < -0.4 is 14.8 Å². The van der Waals surface area contributed by atoms with Crippen LogP contribution in [0.3, 0.4) is 0 Å². The van der Waals surface area contributed by atoms with Gasteiger partial charge >= 0.3 is 5.97 Å². The number of methoxy groups -OCH3 is 2. The molecule has 0 heterocycles. The third-order valence-electron chi connectivity index (χ3n) is 2.55. The third kappa shape index (κ3) is 3.92. The molecule has 20 heavy (non-hydrogen) atoms. The van der Waals surface area contributed by atoms with E-state index in [4.69, 9.17) is 4.74 Å². The van der Waals surface area contributed by atoms with Crippen LogP contribution >= 0.6 is 0 Å². The summed E-state index contributed by atoms with van der Waals surface area (Å²) >= 11 is 0. The summed E-state index contributed by atoms with van der Waals surface area (Å²) in [6.45, 7) is 0.748. The molecule has 0 saturated heterocycles. The first-order valence-corrected chi connectivity index (χ1v) is 7.35. The lowest BCUT2D eigenvalue weighted by atomic mass is 10.2. The Bertz CT molecular complexity index is 571. The Morgan fingerprint density at radius 3 is 2.50 bits per heavy atom. The number of hydrogen-bond acceptors (Lipinski definition) is 6. The molecule has 1 rings (SSSR count). The molecule has 112 valence electrons. The molecular formula is C12H18N2O5S. The zero-order valence-corrected chi connectivity index (χ0v) is 12.4. The van der Waals surface area contributed by atoms with E-state index in [1.165, 1.54) is 32.4 Å². The Kier molecular flexibility index (Phi) is 5.93. The molecule has 0 aliphatic rings. The lowest BCUT2D eigenvalue weighted by molar-refractivity contribution is 0.0597. The highest BCUT2D eigenvalue weighted by atomic mass is 32.2. The van der Waals surface area contributed by atoms with E-state index in [1.807, 2.05) is 0 Å². The van der Waals surface area contributed by atoms with Crippen molar-refractivity contribution in [3.63, 3.8) is 0 Å². The van der Waals surface area contributed by atoms with E-state index < -0.39 is 16.0 Å². The molecule has 0 saturated carbocycles. The Morgan fingerprint density at radius 1 is 1.25 bits per heavy atom. The van der Waals surface area contributed by atoms with Crippen LogP contribution in [0.1, 0.15) is 10.4 Å². The highest BCUT2D eigenvalue weighted by Crippen LogP contribution is 2.23. The average Bonchev–Trinajstić information content (AvgIpc) is 2.45. The summed E-state index contributed by atoms with van der Waals surface area (Å²) in [5.74, 6) is -0.403. The maximum Gasteiger partial charge on any atom is 0.341 e. The first-order valence-electron chi connectivity index (χ1n) is 5.87. The van der Waals surface area contributed by atoms with Gasteiger partial charge in [0.15, 0.2) is 0 Å². The van der Waals surface area contributed by atoms with Crippen LogP contribution in [-0.2, 0) is 14.8 Å². The average molecular weight is 302 g/mol. The highest BCUT2D eigenvalue weighted by Gasteiger charge is 2.19. The van der Waals surface area contributed by atoms with Gasteiger partial charge in [0.05, 0.1) is 19.1 Å². The summed E-state index contributed by atoms with van der Waals surface area (Å²) in [5, 5.41) is 2.83. The molecule has 0 aliphatic heterocycles. The number of carbonyl (C=O) groups excluding carboxylic acids is 1. The maximum absolute atomic E-state index is 12.0. The van der Waals surface area contributed by atoms with Crippen molar-refractivity contribution in [2.75, 3.05) is 34.4 Å². The number of hydrogen-bond donors (Lipinski definition) is 2. The van der Waals surface area contributed by atoms with Gasteiger partial charge in [0, 0.05) is 13.1 Å². The van der Waals surface area contributed by atoms with E-state index in [0.717, 1.165) is 0 Å². The predicted octanol–water partition coefficient (Wildman–Crippen LogP) is -0.0205. The fraction of sp³-hybridized carbons (Fsp3) is 0.417. The molecule has 0 amide bonds. The lowest BCUT2D eigenvalue weighted by Gasteiger charge is -2.10. The van der Waals surface area contributed by atoms with Crippen molar-refractivity contribution >= 4 is 16.0 Å². The molecule has 0 aliphatic carbocycles. The number of sulfonamides is 1. The zero-order chi connectivity index (χ0) is 15.2. The Morgan fingerprint density at radius 2 is 1.95 bits per heavy atom. The van der Waals surface area contributed by atoms with Crippen LogP contribution in [0.25, 0.3) is 0 Å². The molecule has 0 radical (unpaired) electrons. The molecule has 2 N–H and O–H groups in total. The Labute approximate surface area is 118 Å². The molecule has 0 bridgehead atoms. The van der Waals surface area contributed by atoms with Crippen molar-refractivity contribution in [1.29, 1.82) is 0 Å². The first-order chi connectivity index (χ1) is 9.46. The van der Waals surface area contributed by atoms with Gasteiger partial charge in [0.1, 0.15) is 11.3 Å². The van der Waals surface area contributed by atoms with Gasteiger partial charge in [-0.1, -0.05) is 0 Å². The van der Waals surface area contributed by atoms with Gasteiger partial charge in [-0.05, 0) is 25.2 Å². The van der Waals surface area contributed by atoms with Gasteiger partial charge in [-0.2, -0.15) is 0 Å². The van der Waals surface area contributed by atoms with Gasteiger partial charge in [0.25, 0.3) is 0 Å². The number of carbonyl (C=O) groups is 1. The molecule has 8 heteroatoms. The van der Waals surface area contributed by atoms with E-state index in [1.54, 1.807) is 7.05 Å². The zero-order valence-electron chi connectivity index (χ0n) is 11.6. The molecule has 0 aromatic heterocycles. The van der Waals surface area contributed by atoms with Crippen molar-refractivity contribution in [2.45, 2.75) is 4.90 Å². The summed E-state index contributed by atoms with van der Waals surface area (Å²) in [4.78, 5) is 11.6. The highest BCUT2D eigenvalue weighted by molar-refractivity contribution is 7.89. The largest absolute Gasteiger partial charge is 0.496 e. The smallest absolute Gasteiger partial charge is 0.341 e. The Balaban J connectivity index is 3.10. The van der Waals surface area contributed by atoms with Gasteiger partial charge in [-0.25, -0.2) is 17.9 Å². The monoisotopic (exact) mass is 302 g/mol. The van der Waals surface area contributed by atoms with E-state index in [9.17, 15) is 13.2 Å². The fourth-order valence-corrected chi connectivity index (χ4v) is 2.58. The van der Waals surface area contributed by atoms with Crippen molar-refractivity contribution < 1.29 is 22.7 Å².